The molecule has 0 saturated heterocycles. The second kappa shape index (κ2) is 7.04. The molecule has 0 spiro atoms. The first-order valence-corrected chi connectivity index (χ1v) is 7.45. The maximum absolute atomic E-state index is 5.55. The molecule has 5 nitrogen and oxygen atoms in total. The molecule has 2 N–H and O–H groups in total. The summed E-state index contributed by atoms with van der Waals surface area (Å²) in [4.78, 5) is 5.41. The maximum atomic E-state index is 5.55. The van der Waals surface area contributed by atoms with Crippen molar-refractivity contribution in [2.75, 3.05) is 13.7 Å². The number of methoxy groups -OCH3 is 1. The summed E-state index contributed by atoms with van der Waals surface area (Å²) >= 11 is 5.14. The van der Waals surface area contributed by atoms with Gasteiger partial charge in [-0.25, -0.2) is 0 Å². The highest BCUT2D eigenvalue weighted by atomic mass is 79.9. The summed E-state index contributed by atoms with van der Waals surface area (Å²) in [6, 6.07) is 8.00. The second-order valence-electron chi connectivity index (χ2n) is 3.73. The number of ether oxygens (including phenoxy) is 1. The first kappa shape index (κ1) is 14.5. The van der Waals surface area contributed by atoms with Gasteiger partial charge in [0.2, 0.25) is 0 Å². The molecular weight excluding hydrogens is 330 g/mol. The fraction of sp³-hybridized carbons (Fsp3) is 0.333. The number of aromatic nitrogens is 2. The van der Waals surface area contributed by atoms with E-state index in [0.29, 0.717) is 24.0 Å². The summed E-state index contributed by atoms with van der Waals surface area (Å²) in [5.41, 5.74) is 5.55. The number of hydrogen-bond donors (Lipinski definition) is 1. The predicted molar refractivity (Wildman–Crippen MR) is 76.8 cm³/mol. The standard InChI is InChI=1S/C12H14BrN3O2S/c1-17-9(6-14)12-15-11(16-18-12)7-19-10-5-3-2-4-8(10)13/h2-5,9H,6-7,14H2,1H3. The van der Waals surface area contributed by atoms with Crippen LogP contribution in [0.1, 0.15) is 17.8 Å². The van der Waals surface area contributed by atoms with E-state index in [1.165, 1.54) is 0 Å². The summed E-state index contributed by atoms with van der Waals surface area (Å²) in [6.07, 6.45) is -0.338. The lowest BCUT2D eigenvalue weighted by molar-refractivity contribution is 0.0804. The van der Waals surface area contributed by atoms with Crippen LogP contribution in [0.5, 0.6) is 0 Å². The molecule has 0 aliphatic carbocycles. The molecule has 0 aliphatic rings. The van der Waals surface area contributed by atoms with Crippen molar-refractivity contribution >= 4 is 27.7 Å². The van der Waals surface area contributed by atoms with Crippen molar-refractivity contribution < 1.29 is 9.26 Å². The zero-order valence-corrected chi connectivity index (χ0v) is 12.8. The van der Waals surface area contributed by atoms with Gasteiger partial charge in [0.05, 0.1) is 5.75 Å². The van der Waals surface area contributed by atoms with Gasteiger partial charge < -0.3 is 15.0 Å². The molecule has 0 amide bonds. The zero-order chi connectivity index (χ0) is 13.7. The Labute approximate surface area is 124 Å². The van der Waals surface area contributed by atoms with Crippen molar-refractivity contribution in [2.45, 2.75) is 16.8 Å². The van der Waals surface area contributed by atoms with E-state index < -0.39 is 0 Å². The number of hydrogen-bond acceptors (Lipinski definition) is 6. The van der Waals surface area contributed by atoms with E-state index in [1.54, 1.807) is 18.9 Å². The number of nitrogens with zero attached hydrogens (tertiary/aromatic N) is 2. The Hall–Kier alpha value is -0.890. The van der Waals surface area contributed by atoms with Crippen LogP contribution in [0.25, 0.3) is 0 Å². The minimum atomic E-state index is -0.338. The van der Waals surface area contributed by atoms with Crippen LogP contribution in [-0.4, -0.2) is 23.8 Å². The molecule has 7 heteroatoms. The molecule has 2 aromatic rings. The van der Waals surface area contributed by atoms with Gasteiger partial charge in [-0.15, -0.1) is 11.8 Å². The van der Waals surface area contributed by atoms with Crippen LogP contribution in [0, 0.1) is 0 Å². The number of benzene rings is 1. The smallest absolute Gasteiger partial charge is 0.257 e. The molecule has 1 unspecified atom stereocenters. The highest BCUT2D eigenvalue weighted by Crippen LogP contribution is 2.29. The van der Waals surface area contributed by atoms with Gasteiger partial charge in [-0.2, -0.15) is 4.98 Å². The number of nitrogens with two attached hydrogens (primary N) is 1. The quantitative estimate of drug-likeness (QED) is 0.813. The highest BCUT2D eigenvalue weighted by Gasteiger charge is 2.16. The fourth-order valence-electron chi connectivity index (χ4n) is 1.46. The first-order valence-electron chi connectivity index (χ1n) is 5.67. The van der Waals surface area contributed by atoms with E-state index in [9.17, 15) is 0 Å². The molecule has 2 rings (SSSR count). The maximum Gasteiger partial charge on any atom is 0.257 e. The molecule has 0 saturated carbocycles. The van der Waals surface area contributed by atoms with Gasteiger partial charge in [0.25, 0.3) is 5.89 Å². The largest absolute Gasteiger partial charge is 0.370 e. The number of rotatable bonds is 6. The van der Waals surface area contributed by atoms with Crippen LogP contribution in [0.2, 0.25) is 0 Å². The Morgan fingerprint density at radius 3 is 2.95 bits per heavy atom. The summed E-state index contributed by atoms with van der Waals surface area (Å²) in [5, 5.41) is 3.92. The van der Waals surface area contributed by atoms with E-state index in [0.717, 1.165) is 9.37 Å². The van der Waals surface area contributed by atoms with Crippen molar-refractivity contribution in [1.82, 2.24) is 10.1 Å². The topological polar surface area (TPSA) is 74.2 Å². The predicted octanol–water partition coefficient (Wildman–Crippen LogP) is 2.77. The Kier molecular flexibility index (Phi) is 5.38. The summed E-state index contributed by atoms with van der Waals surface area (Å²) in [6.45, 7) is 0.315. The van der Waals surface area contributed by atoms with Crippen LogP contribution in [-0.2, 0) is 10.5 Å². The Balaban J connectivity index is 1.99. The van der Waals surface area contributed by atoms with Crippen LogP contribution < -0.4 is 5.73 Å². The Morgan fingerprint density at radius 1 is 1.47 bits per heavy atom. The lowest BCUT2D eigenvalue weighted by Gasteiger charge is -2.05. The van der Waals surface area contributed by atoms with Gasteiger partial charge in [0.15, 0.2) is 5.82 Å². The molecular formula is C12H14BrN3O2S. The second-order valence-corrected chi connectivity index (χ2v) is 5.60. The third-order valence-electron chi connectivity index (χ3n) is 2.45. The van der Waals surface area contributed by atoms with E-state index in [1.807, 2.05) is 24.3 Å². The van der Waals surface area contributed by atoms with Crippen molar-refractivity contribution in [3.8, 4) is 0 Å². The van der Waals surface area contributed by atoms with Gasteiger partial charge in [-0.1, -0.05) is 17.3 Å². The highest BCUT2D eigenvalue weighted by molar-refractivity contribution is 9.10. The first-order chi connectivity index (χ1) is 9.24. The molecule has 1 aromatic carbocycles. The third-order valence-corrected chi connectivity index (χ3v) is 4.47. The molecule has 1 heterocycles. The monoisotopic (exact) mass is 343 g/mol. The normalized spacial score (nSPS) is 12.6. The van der Waals surface area contributed by atoms with Crippen LogP contribution >= 0.6 is 27.7 Å². The average Bonchev–Trinajstić information content (AvgIpc) is 2.88. The molecule has 0 aliphatic heterocycles. The number of thioether (sulfide) groups is 1. The van der Waals surface area contributed by atoms with Gasteiger partial charge in [-0.3, -0.25) is 0 Å². The van der Waals surface area contributed by atoms with E-state index in [-0.39, 0.29) is 6.10 Å². The van der Waals surface area contributed by atoms with Crippen LogP contribution in [0.4, 0.5) is 0 Å². The molecule has 102 valence electrons. The summed E-state index contributed by atoms with van der Waals surface area (Å²) < 4.78 is 11.3. The van der Waals surface area contributed by atoms with E-state index >= 15 is 0 Å². The molecule has 0 fully saturated rings. The van der Waals surface area contributed by atoms with Crippen molar-refractivity contribution in [3.05, 3.63) is 40.5 Å². The van der Waals surface area contributed by atoms with Crippen molar-refractivity contribution in [1.29, 1.82) is 0 Å². The van der Waals surface area contributed by atoms with Crippen LogP contribution in [0.15, 0.2) is 38.2 Å². The van der Waals surface area contributed by atoms with Crippen molar-refractivity contribution in [2.24, 2.45) is 5.73 Å². The third kappa shape index (κ3) is 3.79. The SMILES string of the molecule is COC(CN)c1nc(CSc2ccccc2Br)no1. The lowest BCUT2D eigenvalue weighted by atomic mass is 10.3. The molecule has 0 bridgehead atoms. The van der Waals surface area contributed by atoms with Gasteiger partial charge >= 0.3 is 0 Å². The lowest BCUT2D eigenvalue weighted by Crippen LogP contribution is -2.14. The molecule has 0 radical (unpaired) electrons. The summed E-state index contributed by atoms with van der Waals surface area (Å²) in [7, 11) is 1.57. The minimum absolute atomic E-state index is 0.315. The summed E-state index contributed by atoms with van der Waals surface area (Å²) in [5.74, 6) is 1.69. The van der Waals surface area contributed by atoms with Crippen LogP contribution in [0.3, 0.4) is 0 Å². The van der Waals surface area contributed by atoms with E-state index in [4.69, 9.17) is 15.0 Å². The van der Waals surface area contributed by atoms with Crippen molar-refractivity contribution in [3.63, 3.8) is 0 Å². The Morgan fingerprint density at radius 2 is 2.26 bits per heavy atom. The van der Waals surface area contributed by atoms with Gasteiger partial charge in [0, 0.05) is 23.0 Å². The van der Waals surface area contributed by atoms with Gasteiger partial charge in [0.1, 0.15) is 6.10 Å². The average molecular weight is 344 g/mol. The van der Waals surface area contributed by atoms with Gasteiger partial charge in [-0.05, 0) is 28.1 Å². The van der Waals surface area contributed by atoms with E-state index in [2.05, 4.69) is 26.1 Å². The molecule has 1 atom stereocenters. The zero-order valence-electron chi connectivity index (χ0n) is 10.4. The Bertz CT molecular complexity index is 531. The fourth-order valence-corrected chi connectivity index (χ4v) is 2.87. The minimum Gasteiger partial charge on any atom is -0.370 e. The molecule has 1 aromatic heterocycles. The number of halogens is 1. The molecule has 19 heavy (non-hydrogen) atoms.